The van der Waals surface area contributed by atoms with Gasteiger partial charge in [-0.1, -0.05) is 75.9 Å². The smallest absolute Gasteiger partial charge is 0.254 e. The molecule has 1 N–H and O–H groups in total. The number of carbonyl (C=O) groups is 1. The van der Waals surface area contributed by atoms with Gasteiger partial charge in [0.15, 0.2) is 0 Å². The van der Waals surface area contributed by atoms with Crippen molar-refractivity contribution in [2.45, 2.75) is 57.7 Å². The first kappa shape index (κ1) is 27.8. The fraction of sp³-hybridized carbons (Fsp3) is 0.393. The van der Waals surface area contributed by atoms with E-state index in [2.05, 4.69) is 55.2 Å². The van der Waals surface area contributed by atoms with E-state index in [1.165, 1.54) is 12.4 Å². The number of hydrogen-bond donors (Lipinski definition) is 1. The van der Waals surface area contributed by atoms with Crippen LogP contribution in [0, 0.1) is 6.92 Å². The van der Waals surface area contributed by atoms with Crippen molar-refractivity contribution in [1.29, 1.82) is 0 Å². The van der Waals surface area contributed by atoms with E-state index in [0.29, 0.717) is 12.4 Å². The van der Waals surface area contributed by atoms with Gasteiger partial charge in [0.25, 0.3) is 5.91 Å². The number of nitrogens with one attached hydrogen (secondary N) is 1. The van der Waals surface area contributed by atoms with Crippen LogP contribution in [0.15, 0.2) is 59.5 Å². The van der Waals surface area contributed by atoms with E-state index in [1.54, 1.807) is 6.20 Å². The van der Waals surface area contributed by atoms with E-state index < -0.39 is 0 Å². The first-order valence-corrected chi connectivity index (χ1v) is 14.1. The summed E-state index contributed by atoms with van der Waals surface area (Å²) in [6.45, 7) is 5.70. The predicted molar refractivity (Wildman–Crippen MR) is 151 cm³/mol. The Morgan fingerprint density at radius 1 is 1.19 bits per heavy atom. The Kier molecular flexibility index (Phi) is 9.82. The molecule has 9 heteroatoms. The minimum atomic E-state index is -0.290. The summed E-state index contributed by atoms with van der Waals surface area (Å²) >= 11 is 15.9. The van der Waals surface area contributed by atoms with Gasteiger partial charge in [0.05, 0.1) is 21.7 Å². The molecule has 37 heavy (non-hydrogen) atoms. The Morgan fingerprint density at radius 2 is 1.92 bits per heavy atom. The lowest BCUT2D eigenvalue weighted by Gasteiger charge is -2.43. The minimum Gasteiger partial charge on any atom is -0.468 e. The van der Waals surface area contributed by atoms with Gasteiger partial charge in [-0.15, -0.1) is 0 Å². The Balaban J connectivity index is 1.49. The van der Waals surface area contributed by atoms with Crippen molar-refractivity contribution in [3.8, 4) is 5.88 Å². The van der Waals surface area contributed by atoms with E-state index in [4.69, 9.17) is 27.9 Å². The van der Waals surface area contributed by atoms with E-state index >= 15 is 0 Å². The van der Waals surface area contributed by atoms with Crippen LogP contribution in [-0.2, 0) is 0 Å². The van der Waals surface area contributed by atoms with Gasteiger partial charge in [0.1, 0.15) is 6.10 Å². The second kappa shape index (κ2) is 13.1. The second-order valence-electron chi connectivity index (χ2n) is 9.34. The lowest BCUT2D eigenvalue weighted by molar-refractivity contribution is 0.0122. The molecule has 2 aromatic heterocycles. The molecule has 0 radical (unpaired) electrons. The topological polar surface area (TPSA) is 67.3 Å². The number of rotatable bonds is 9. The molecule has 0 aliphatic carbocycles. The third-order valence-corrected chi connectivity index (χ3v) is 8.33. The molecule has 1 aliphatic heterocycles. The van der Waals surface area contributed by atoms with Gasteiger partial charge in [0, 0.05) is 41.2 Å². The average Bonchev–Trinajstić information content (AvgIpc) is 2.90. The molecule has 1 amide bonds. The molecule has 0 saturated carbocycles. The molecule has 3 heterocycles. The summed E-state index contributed by atoms with van der Waals surface area (Å²) in [5.41, 5.74) is 2.37. The van der Waals surface area contributed by atoms with Crippen molar-refractivity contribution in [3.63, 3.8) is 0 Å². The Labute approximate surface area is 236 Å². The minimum absolute atomic E-state index is 0.172. The standard InChI is InChI=1S/C28H31BrCl2N4O2/c1-18(11-13-33-27(36)25-22(30)16-32-17-23(25)31)35-15-7-6-10-24(35)26(20-8-4-3-5-9-20)37-28-19(2)21(29)12-14-34-28/h3-5,8-9,12,14,16-18,24,26H,6-7,10-11,13,15H2,1-2H3,(H,33,36). The van der Waals surface area contributed by atoms with Crippen molar-refractivity contribution in [1.82, 2.24) is 20.2 Å². The van der Waals surface area contributed by atoms with Crippen LogP contribution in [0.4, 0.5) is 0 Å². The number of likely N-dealkylation sites (tertiary alicyclic amines) is 1. The first-order chi connectivity index (χ1) is 17.9. The summed E-state index contributed by atoms with van der Waals surface area (Å²) in [5, 5.41) is 3.46. The molecule has 0 bridgehead atoms. The Morgan fingerprint density at radius 3 is 2.65 bits per heavy atom. The zero-order valence-corrected chi connectivity index (χ0v) is 24.1. The van der Waals surface area contributed by atoms with Crippen molar-refractivity contribution in [2.24, 2.45) is 0 Å². The van der Waals surface area contributed by atoms with E-state index in [-0.39, 0.29) is 39.7 Å². The van der Waals surface area contributed by atoms with E-state index in [0.717, 1.165) is 47.8 Å². The van der Waals surface area contributed by atoms with Crippen molar-refractivity contribution in [2.75, 3.05) is 13.1 Å². The number of benzene rings is 1. The summed E-state index contributed by atoms with van der Waals surface area (Å²) in [6, 6.07) is 12.7. The van der Waals surface area contributed by atoms with Crippen LogP contribution in [0.3, 0.4) is 0 Å². The summed E-state index contributed by atoms with van der Waals surface area (Å²) in [4.78, 5) is 23.7. The zero-order valence-electron chi connectivity index (χ0n) is 21.0. The maximum absolute atomic E-state index is 12.7. The second-order valence-corrected chi connectivity index (χ2v) is 11.0. The number of pyridine rings is 2. The van der Waals surface area contributed by atoms with Gasteiger partial charge < -0.3 is 10.1 Å². The third kappa shape index (κ3) is 6.82. The number of nitrogens with zero attached hydrogens (tertiary/aromatic N) is 3. The molecule has 6 nitrogen and oxygen atoms in total. The highest BCUT2D eigenvalue weighted by Gasteiger charge is 2.35. The number of aromatic nitrogens is 2. The number of carbonyl (C=O) groups excluding carboxylic acids is 1. The lowest BCUT2D eigenvalue weighted by atomic mass is 9.91. The third-order valence-electron chi connectivity index (χ3n) is 6.89. The number of ether oxygens (including phenoxy) is 1. The zero-order chi connectivity index (χ0) is 26.4. The first-order valence-electron chi connectivity index (χ1n) is 12.5. The highest BCUT2D eigenvalue weighted by atomic mass is 79.9. The lowest BCUT2D eigenvalue weighted by Crippen LogP contribution is -2.50. The number of halogens is 3. The van der Waals surface area contributed by atoms with Gasteiger partial charge in [-0.25, -0.2) is 4.98 Å². The number of piperidine rings is 1. The maximum atomic E-state index is 12.7. The van der Waals surface area contributed by atoms with Crippen LogP contribution in [0.25, 0.3) is 0 Å². The molecule has 4 rings (SSSR count). The summed E-state index contributed by atoms with van der Waals surface area (Å²) in [6.07, 6.45) is 8.51. The van der Waals surface area contributed by atoms with E-state index in [1.807, 2.05) is 31.2 Å². The molecule has 3 aromatic rings. The molecule has 1 aliphatic rings. The highest BCUT2D eigenvalue weighted by molar-refractivity contribution is 9.10. The van der Waals surface area contributed by atoms with Crippen LogP contribution in [0.2, 0.25) is 10.0 Å². The van der Waals surface area contributed by atoms with Gasteiger partial charge >= 0.3 is 0 Å². The quantitative estimate of drug-likeness (QED) is 0.283. The monoisotopic (exact) mass is 604 g/mol. The molecule has 1 saturated heterocycles. The van der Waals surface area contributed by atoms with Crippen molar-refractivity contribution >= 4 is 45.0 Å². The molecule has 3 atom stereocenters. The fourth-order valence-corrected chi connectivity index (χ4v) is 5.70. The summed E-state index contributed by atoms with van der Waals surface area (Å²) in [5.74, 6) is 0.348. The SMILES string of the molecule is Cc1c(Br)ccnc1OC(c1ccccc1)C1CCCCN1C(C)CCNC(=O)c1c(Cl)cncc1Cl. The number of amides is 1. The normalized spacial score (nSPS) is 17.7. The van der Waals surface area contributed by atoms with Gasteiger partial charge in [0.2, 0.25) is 5.88 Å². The van der Waals surface area contributed by atoms with E-state index in [9.17, 15) is 4.79 Å². The van der Waals surface area contributed by atoms with Crippen LogP contribution in [0.1, 0.15) is 60.2 Å². The summed E-state index contributed by atoms with van der Waals surface area (Å²) in [7, 11) is 0. The predicted octanol–water partition coefficient (Wildman–Crippen LogP) is 7.04. The Bertz CT molecular complexity index is 1190. The molecule has 196 valence electrons. The highest BCUT2D eigenvalue weighted by Crippen LogP contribution is 2.36. The van der Waals surface area contributed by atoms with Crippen LogP contribution in [0.5, 0.6) is 5.88 Å². The van der Waals surface area contributed by atoms with Gasteiger partial charge in [-0.2, -0.15) is 0 Å². The largest absolute Gasteiger partial charge is 0.468 e. The molecular formula is C28H31BrCl2N4O2. The molecule has 1 aromatic carbocycles. The van der Waals surface area contributed by atoms with Crippen molar-refractivity contribution < 1.29 is 9.53 Å². The fourth-order valence-electron chi connectivity index (χ4n) is 4.87. The average molecular weight is 606 g/mol. The molecular weight excluding hydrogens is 575 g/mol. The van der Waals surface area contributed by atoms with Crippen LogP contribution < -0.4 is 10.1 Å². The van der Waals surface area contributed by atoms with Crippen molar-refractivity contribution in [3.05, 3.63) is 86.2 Å². The molecule has 0 spiro atoms. The van der Waals surface area contributed by atoms with Crippen LogP contribution in [-0.4, -0.2) is 45.9 Å². The van der Waals surface area contributed by atoms with Gasteiger partial charge in [-0.05, 0) is 51.3 Å². The van der Waals surface area contributed by atoms with Crippen LogP contribution >= 0.6 is 39.1 Å². The molecule has 1 fully saturated rings. The number of hydrogen-bond acceptors (Lipinski definition) is 5. The summed E-state index contributed by atoms with van der Waals surface area (Å²) < 4.78 is 7.65. The van der Waals surface area contributed by atoms with Gasteiger partial charge in [-0.3, -0.25) is 14.7 Å². The Hall–Kier alpha value is -2.19. The maximum Gasteiger partial charge on any atom is 0.254 e. The molecule has 3 unspecified atom stereocenters.